The molecule has 1 aliphatic rings. The van der Waals surface area contributed by atoms with Gasteiger partial charge >= 0.3 is 0 Å². The molecule has 0 aliphatic carbocycles. The molecule has 0 bridgehead atoms. The molecule has 2 aromatic rings. The molecular formula is C21H24Cl2N2O. The van der Waals surface area contributed by atoms with Crippen LogP contribution in [-0.4, -0.2) is 37.0 Å². The lowest BCUT2D eigenvalue weighted by Gasteiger charge is -2.37. The molecule has 26 heavy (non-hydrogen) atoms. The fraction of sp³-hybridized carbons (Fsp3) is 0.381. The van der Waals surface area contributed by atoms with Gasteiger partial charge in [-0.1, -0.05) is 41.4 Å². The maximum Gasteiger partial charge on any atom is 0.223 e. The topological polar surface area (TPSA) is 23.6 Å². The van der Waals surface area contributed by atoms with Crippen molar-refractivity contribution >= 4 is 34.8 Å². The molecule has 0 spiro atoms. The van der Waals surface area contributed by atoms with E-state index in [2.05, 4.69) is 36.9 Å². The van der Waals surface area contributed by atoms with Crippen LogP contribution in [0.5, 0.6) is 0 Å². The lowest BCUT2D eigenvalue weighted by atomic mass is 10.1. The van der Waals surface area contributed by atoms with Gasteiger partial charge in [-0.15, -0.1) is 0 Å². The summed E-state index contributed by atoms with van der Waals surface area (Å²) in [6, 6.07) is 11.9. The van der Waals surface area contributed by atoms with Crippen molar-refractivity contribution in [1.29, 1.82) is 0 Å². The fourth-order valence-corrected chi connectivity index (χ4v) is 3.90. The van der Waals surface area contributed by atoms with Gasteiger partial charge in [0.1, 0.15) is 0 Å². The van der Waals surface area contributed by atoms with Gasteiger partial charge in [0, 0.05) is 48.3 Å². The van der Waals surface area contributed by atoms with Gasteiger partial charge in [0.15, 0.2) is 0 Å². The van der Waals surface area contributed by atoms with Gasteiger partial charge < -0.3 is 9.80 Å². The SMILES string of the molecule is Cc1cccc(N2CCN(C(=O)CCc3ccc(Cl)cc3Cl)CC2)c1C. The van der Waals surface area contributed by atoms with E-state index in [9.17, 15) is 4.79 Å². The molecule has 0 aromatic heterocycles. The van der Waals surface area contributed by atoms with Crippen molar-refractivity contribution in [2.45, 2.75) is 26.7 Å². The largest absolute Gasteiger partial charge is 0.368 e. The Morgan fingerprint density at radius 3 is 2.46 bits per heavy atom. The van der Waals surface area contributed by atoms with Crippen molar-refractivity contribution in [3.8, 4) is 0 Å². The molecule has 5 heteroatoms. The summed E-state index contributed by atoms with van der Waals surface area (Å²) in [7, 11) is 0. The first-order chi connectivity index (χ1) is 12.5. The zero-order valence-electron chi connectivity index (χ0n) is 15.3. The fourth-order valence-electron chi connectivity index (χ4n) is 3.40. The van der Waals surface area contributed by atoms with Gasteiger partial charge in [-0.2, -0.15) is 0 Å². The van der Waals surface area contributed by atoms with Gasteiger partial charge in [-0.3, -0.25) is 4.79 Å². The molecule has 1 aliphatic heterocycles. The molecule has 3 rings (SSSR count). The number of hydrogen-bond donors (Lipinski definition) is 0. The van der Waals surface area contributed by atoms with Crippen LogP contribution in [-0.2, 0) is 11.2 Å². The van der Waals surface area contributed by atoms with Gasteiger partial charge in [-0.25, -0.2) is 0 Å². The number of nitrogens with zero attached hydrogens (tertiary/aromatic N) is 2. The molecule has 0 atom stereocenters. The summed E-state index contributed by atoms with van der Waals surface area (Å²) >= 11 is 12.1. The van der Waals surface area contributed by atoms with E-state index >= 15 is 0 Å². The van der Waals surface area contributed by atoms with E-state index in [0.29, 0.717) is 22.9 Å². The average molecular weight is 391 g/mol. The quantitative estimate of drug-likeness (QED) is 0.741. The number of hydrogen-bond acceptors (Lipinski definition) is 2. The van der Waals surface area contributed by atoms with Crippen LogP contribution in [0, 0.1) is 13.8 Å². The van der Waals surface area contributed by atoms with Crippen molar-refractivity contribution in [2.24, 2.45) is 0 Å². The maximum absolute atomic E-state index is 12.6. The van der Waals surface area contributed by atoms with Crippen LogP contribution in [0.4, 0.5) is 5.69 Å². The van der Waals surface area contributed by atoms with Crippen molar-refractivity contribution in [3.63, 3.8) is 0 Å². The second-order valence-corrected chi connectivity index (χ2v) is 7.67. The lowest BCUT2D eigenvalue weighted by Crippen LogP contribution is -2.49. The third-order valence-corrected chi connectivity index (χ3v) is 5.76. The van der Waals surface area contributed by atoms with E-state index in [-0.39, 0.29) is 5.91 Å². The van der Waals surface area contributed by atoms with Crippen LogP contribution < -0.4 is 4.90 Å². The summed E-state index contributed by atoms with van der Waals surface area (Å²) in [4.78, 5) is 16.9. The van der Waals surface area contributed by atoms with Crippen LogP contribution in [0.3, 0.4) is 0 Å². The van der Waals surface area contributed by atoms with Crippen molar-refractivity contribution in [2.75, 3.05) is 31.1 Å². The minimum Gasteiger partial charge on any atom is -0.368 e. The molecule has 138 valence electrons. The lowest BCUT2D eigenvalue weighted by molar-refractivity contribution is -0.131. The summed E-state index contributed by atoms with van der Waals surface area (Å²) in [6.45, 7) is 7.58. The molecule has 1 amide bonds. The van der Waals surface area contributed by atoms with Gasteiger partial charge in [0.2, 0.25) is 5.91 Å². The van der Waals surface area contributed by atoms with Crippen LogP contribution in [0.25, 0.3) is 0 Å². The van der Waals surface area contributed by atoms with E-state index in [1.165, 1.54) is 16.8 Å². The summed E-state index contributed by atoms with van der Waals surface area (Å²) < 4.78 is 0. The molecule has 1 heterocycles. The number of amides is 1. The first kappa shape index (κ1) is 19.1. The number of carbonyl (C=O) groups is 1. The second kappa shape index (κ2) is 8.32. The first-order valence-electron chi connectivity index (χ1n) is 8.98. The Bertz CT molecular complexity index is 799. The number of piperazine rings is 1. The van der Waals surface area contributed by atoms with E-state index in [1.807, 2.05) is 17.0 Å². The van der Waals surface area contributed by atoms with E-state index in [0.717, 1.165) is 31.7 Å². The Morgan fingerprint density at radius 2 is 1.77 bits per heavy atom. The number of anilines is 1. The third kappa shape index (κ3) is 4.33. The van der Waals surface area contributed by atoms with Crippen LogP contribution >= 0.6 is 23.2 Å². The standard InChI is InChI=1S/C21H24Cl2N2O/c1-15-4-3-5-20(16(15)2)24-10-12-25(13-11-24)21(26)9-7-17-6-8-18(22)14-19(17)23/h3-6,8,14H,7,9-13H2,1-2H3. The first-order valence-corrected chi connectivity index (χ1v) is 9.74. The van der Waals surface area contributed by atoms with E-state index < -0.39 is 0 Å². The normalized spacial score (nSPS) is 14.6. The molecule has 0 saturated carbocycles. The summed E-state index contributed by atoms with van der Waals surface area (Å²) in [5.41, 5.74) is 4.88. The molecule has 0 N–H and O–H groups in total. The highest BCUT2D eigenvalue weighted by atomic mass is 35.5. The third-order valence-electron chi connectivity index (χ3n) is 5.17. The monoisotopic (exact) mass is 390 g/mol. The minimum atomic E-state index is 0.191. The highest BCUT2D eigenvalue weighted by Gasteiger charge is 2.22. The van der Waals surface area contributed by atoms with E-state index in [4.69, 9.17) is 23.2 Å². The molecule has 1 fully saturated rings. The highest BCUT2D eigenvalue weighted by molar-refractivity contribution is 6.35. The van der Waals surface area contributed by atoms with Crippen molar-refractivity contribution in [3.05, 3.63) is 63.1 Å². The Balaban J connectivity index is 1.54. The summed E-state index contributed by atoms with van der Waals surface area (Å²) in [6.07, 6.45) is 1.12. The Hall–Kier alpha value is -1.71. The van der Waals surface area contributed by atoms with Crippen LogP contribution in [0.15, 0.2) is 36.4 Å². The van der Waals surface area contributed by atoms with Crippen molar-refractivity contribution < 1.29 is 4.79 Å². The van der Waals surface area contributed by atoms with Crippen LogP contribution in [0.2, 0.25) is 10.0 Å². The number of carbonyl (C=O) groups excluding carboxylic acids is 1. The van der Waals surface area contributed by atoms with Crippen molar-refractivity contribution in [1.82, 2.24) is 4.90 Å². The second-order valence-electron chi connectivity index (χ2n) is 6.82. The summed E-state index contributed by atoms with van der Waals surface area (Å²) in [5, 5.41) is 1.25. The molecular weight excluding hydrogens is 367 g/mol. The molecule has 1 saturated heterocycles. The van der Waals surface area contributed by atoms with Crippen LogP contribution in [0.1, 0.15) is 23.1 Å². The molecule has 2 aromatic carbocycles. The zero-order chi connectivity index (χ0) is 18.7. The highest BCUT2D eigenvalue weighted by Crippen LogP contribution is 2.25. The smallest absolute Gasteiger partial charge is 0.223 e. The Morgan fingerprint density at radius 1 is 1.04 bits per heavy atom. The predicted molar refractivity (Wildman–Crippen MR) is 109 cm³/mol. The predicted octanol–water partition coefficient (Wildman–Crippen LogP) is 4.89. The minimum absolute atomic E-state index is 0.191. The van der Waals surface area contributed by atoms with Gasteiger partial charge in [0.05, 0.1) is 0 Å². The maximum atomic E-state index is 12.6. The van der Waals surface area contributed by atoms with E-state index in [1.54, 1.807) is 6.07 Å². The Kier molecular flexibility index (Phi) is 6.10. The number of halogens is 2. The number of rotatable bonds is 4. The Labute approximate surface area is 165 Å². The average Bonchev–Trinajstić information content (AvgIpc) is 2.63. The number of benzene rings is 2. The van der Waals surface area contributed by atoms with Gasteiger partial charge in [-0.05, 0) is 55.2 Å². The summed E-state index contributed by atoms with van der Waals surface area (Å²) in [5.74, 6) is 0.191. The molecule has 0 radical (unpaired) electrons. The zero-order valence-corrected chi connectivity index (χ0v) is 16.8. The van der Waals surface area contributed by atoms with Gasteiger partial charge in [0.25, 0.3) is 0 Å². The number of aryl methyl sites for hydroxylation is 2. The molecule has 0 unspecified atom stereocenters. The molecule has 3 nitrogen and oxygen atoms in total.